The topological polar surface area (TPSA) is 78.7 Å². The molecule has 6 nitrogen and oxygen atoms in total. The van der Waals surface area contributed by atoms with Crippen LogP contribution in [0.3, 0.4) is 0 Å². The molecule has 2 aromatic rings. The zero-order chi connectivity index (χ0) is 24.1. The molecule has 0 atom stereocenters. The average molecular weight is 463 g/mol. The Kier molecular flexibility index (Phi) is 8.01. The smallest absolute Gasteiger partial charge is 0.253 e. The van der Waals surface area contributed by atoms with E-state index in [1.807, 2.05) is 24.0 Å². The Bertz CT molecular complexity index is 988. The molecule has 0 aromatic heterocycles. The predicted octanol–water partition coefficient (Wildman–Crippen LogP) is 3.55. The number of amides is 2. The van der Waals surface area contributed by atoms with Crippen molar-refractivity contribution in [3.8, 4) is 0 Å². The minimum absolute atomic E-state index is 0.0151. The van der Waals surface area contributed by atoms with Crippen molar-refractivity contribution in [2.75, 3.05) is 39.8 Å². The van der Waals surface area contributed by atoms with Gasteiger partial charge in [0.05, 0.1) is 0 Å². The van der Waals surface area contributed by atoms with Crippen molar-refractivity contribution in [1.29, 1.82) is 0 Å². The fourth-order valence-electron chi connectivity index (χ4n) is 5.12. The zero-order valence-electron chi connectivity index (χ0n) is 20.6. The normalized spacial score (nSPS) is 18.1. The SMILES string of the molecule is Cc1ccc(C(=O)N2CCC(c3ccc(CN)cc3)CC2)cc1C(=O)NCC1CCN(C)CC1. The lowest BCUT2D eigenvalue weighted by Gasteiger charge is -2.32. The summed E-state index contributed by atoms with van der Waals surface area (Å²) in [6.45, 7) is 6.81. The van der Waals surface area contributed by atoms with Crippen LogP contribution in [0.2, 0.25) is 0 Å². The Balaban J connectivity index is 1.34. The van der Waals surface area contributed by atoms with Crippen LogP contribution in [0, 0.1) is 12.8 Å². The third kappa shape index (κ3) is 5.86. The van der Waals surface area contributed by atoms with Crippen LogP contribution in [0.15, 0.2) is 42.5 Å². The number of benzene rings is 2. The molecule has 0 unspecified atom stereocenters. The summed E-state index contributed by atoms with van der Waals surface area (Å²) in [4.78, 5) is 30.4. The molecule has 2 aromatic carbocycles. The van der Waals surface area contributed by atoms with Gasteiger partial charge in [-0.2, -0.15) is 0 Å². The number of aryl methyl sites for hydroxylation is 1. The number of nitrogens with one attached hydrogen (secondary N) is 1. The van der Waals surface area contributed by atoms with Gasteiger partial charge in [-0.1, -0.05) is 30.3 Å². The van der Waals surface area contributed by atoms with Gasteiger partial charge in [0.15, 0.2) is 0 Å². The summed E-state index contributed by atoms with van der Waals surface area (Å²) < 4.78 is 0. The summed E-state index contributed by atoms with van der Waals surface area (Å²) >= 11 is 0. The van der Waals surface area contributed by atoms with E-state index in [1.165, 1.54) is 5.56 Å². The van der Waals surface area contributed by atoms with Gasteiger partial charge in [0.1, 0.15) is 0 Å². The van der Waals surface area contributed by atoms with Crippen LogP contribution in [0.4, 0.5) is 0 Å². The molecule has 0 saturated carbocycles. The van der Waals surface area contributed by atoms with Crippen molar-refractivity contribution in [2.24, 2.45) is 11.7 Å². The number of hydrogen-bond acceptors (Lipinski definition) is 4. The summed E-state index contributed by atoms with van der Waals surface area (Å²) in [5, 5.41) is 3.11. The Morgan fingerprint density at radius 1 is 0.971 bits per heavy atom. The minimum atomic E-state index is -0.0780. The van der Waals surface area contributed by atoms with Gasteiger partial charge in [-0.05, 0) is 93.4 Å². The number of nitrogens with zero attached hydrogens (tertiary/aromatic N) is 2. The van der Waals surface area contributed by atoms with Crippen LogP contribution in [-0.4, -0.2) is 61.4 Å². The number of hydrogen-bond donors (Lipinski definition) is 2. The van der Waals surface area contributed by atoms with Crippen molar-refractivity contribution in [3.63, 3.8) is 0 Å². The van der Waals surface area contributed by atoms with Gasteiger partial charge in [0, 0.05) is 37.3 Å². The first kappa shape index (κ1) is 24.4. The molecule has 2 amide bonds. The highest BCUT2D eigenvalue weighted by Crippen LogP contribution is 2.29. The highest BCUT2D eigenvalue weighted by Gasteiger charge is 2.25. The lowest BCUT2D eigenvalue weighted by molar-refractivity contribution is 0.0713. The summed E-state index contributed by atoms with van der Waals surface area (Å²) in [5.74, 6) is 0.930. The fraction of sp³-hybridized carbons (Fsp3) is 0.500. The predicted molar refractivity (Wildman–Crippen MR) is 136 cm³/mol. The van der Waals surface area contributed by atoms with Gasteiger partial charge in [-0.3, -0.25) is 9.59 Å². The molecule has 2 saturated heterocycles. The van der Waals surface area contributed by atoms with E-state index in [4.69, 9.17) is 5.73 Å². The standard InChI is InChI=1S/C28H38N4O2/c1-20-3-6-25(17-26(20)27(33)30-19-22-9-13-31(2)14-10-22)28(34)32-15-11-24(12-16-32)23-7-4-21(18-29)5-8-23/h3-8,17,22,24H,9-16,18-19,29H2,1-2H3,(H,30,33). The first-order valence-electron chi connectivity index (χ1n) is 12.6. The molecule has 2 aliphatic heterocycles. The maximum absolute atomic E-state index is 13.2. The third-order valence-corrected chi connectivity index (χ3v) is 7.59. The first-order valence-corrected chi connectivity index (χ1v) is 12.6. The highest BCUT2D eigenvalue weighted by molar-refractivity contribution is 6.00. The molecular formula is C28H38N4O2. The molecule has 2 aliphatic rings. The van der Waals surface area contributed by atoms with Crippen LogP contribution >= 0.6 is 0 Å². The Morgan fingerprint density at radius 2 is 1.65 bits per heavy atom. The maximum Gasteiger partial charge on any atom is 0.253 e. The number of rotatable bonds is 6. The van der Waals surface area contributed by atoms with Gasteiger partial charge < -0.3 is 20.9 Å². The minimum Gasteiger partial charge on any atom is -0.352 e. The van der Waals surface area contributed by atoms with Crippen LogP contribution < -0.4 is 11.1 Å². The molecule has 0 aliphatic carbocycles. The number of carbonyl (C=O) groups excluding carboxylic acids is 2. The summed E-state index contributed by atoms with van der Waals surface area (Å²) in [7, 11) is 2.14. The molecule has 6 heteroatoms. The lowest BCUT2D eigenvalue weighted by atomic mass is 9.88. The second-order valence-electron chi connectivity index (χ2n) is 10.00. The highest BCUT2D eigenvalue weighted by atomic mass is 16.2. The molecule has 34 heavy (non-hydrogen) atoms. The van der Waals surface area contributed by atoms with E-state index in [0.29, 0.717) is 36.1 Å². The van der Waals surface area contributed by atoms with Crippen LogP contribution in [0.25, 0.3) is 0 Å². The molecule has 182 valence electrons. The second kappa shape index (κ2) is 11.2. The molecule has 2 heterocycles. The Hall–Kier alpha value is -2.70. The lowest BCUT2D eigenvalue weighted by Crippen LogP contribution is -2.38. The number of nitrogens with two attached hydrogens (primary N) is 1. The largest absolute Gasteiger partial charge is 0.352 e. The summed E-state index contributed by atoms with van der Waals surface area (Å²) in [5.41, 5.74) is 10.3. The molecule has 0 radical (unpaired) electrons. The monoisotopic (exact) mass is 462 g/mol. The molecule has 4 rings (SSSR count). The summed E-state index contributed by atoms with van der Waals surface area (Å²) in [6, 6.07) is 14.0. The molecule has 0 bridgehead atoms. The van der Waals surface area contributed by atoms with Crippen molar-refractivity contribution < 1.29 is 9.59 Å². The van der Waals surface area contributed by atoms with Gasteiger partial charge in [-0.25, -0.2) is 0 Å². The van der Waals surface area contributed by atoms with Gasteiger partial charge in [0.2, 0.25) is 0 Å². The van der Waals surface area contributed by atoms with Crippen LogP contribution in [0.1, 0.15) is 69.0 Å². The maximum atomic E-state index is 13.2. The van der Waals surface area contributed by atoms with E-state index in [1.54, 1.807) is 6.07 Å². The quantitative estimate of drug-likeness (QED) is 0.688. The first-order chi connectivity index (χ1) is 16.4. The molecular weight excluding hydrogens is 424 g/mol. The Morgan fingerprint density at radius 3 is 2.29 bits per heavy atom. The number of carbonyl (C=O) groups is 2. The fourth-order valence-corrected chi connectivity index (χ4v) is 5.12. The van der Waals surface area contributed by atoms with Gasteiger partial charge in [-0.15, -0.1) is 0 Å². The van der Waals surface area contributed by atoms with Crippen LogP contribution in [-0.2, 0) is 6.54 Å². The molecule has 3 N–H and O–H groups in total. The Labute approximate surface area is 203 Å². The van der Waals surface area contributed by atoms with E-state index in [-0.39, 0.29) is 11.8 Å². The van der Waals surface area contributed by atoms with E-state index in [9.17, 15) is 9.59 Å². The zero-order valence-corrected chi connectivity index (χ0v) is 20.6. The van der Waals surface area contributed by atoms with E-state index in [2.05, 4.69) is 41.5 Å². The second-order valence-corrected chi connectivity index (χ2v) is 10.00. The third-order valence-electron chi connectivity index (χ3n) is 7.59. The van der Waals surface area contributed by atoms with Crippen molar-refractivity contribution in [3.05, 3.63) is 70.3 Å². The van der Waals surface area contributed by atoms with Crippen LogP contribution in [0.5, 0.6) is 0 Å². The van der Waals surface area contributed by atoms with E-state index in [0.717, 1.165) is 63.0 Å². The van der Waals surface area contributed by atoms with Crippen molar-refractivity contribution in [1.82, 2.24) is 15.1 Å². The van der Waals surface area contributed by atoms with Gasteiger partial charge >= 0.3 is 0 Å². The number of piperidine rings is 2. The average Bonchev–Trinajstić information content (AvgIpc) is 2.88. The van der Waals surface area contributed by atoms with E-state index < -0.39 is 0 Å². The summed E-state index contributed by atoms with van der Waals surface area (Å²) in [6.07, 6.45) is 4.12. The van der Waals surface area contributed by atoms with Crippen molar-refractivity contribution in [2.45, 2.75) is 45.1 Å². The van der Waals surface area contributed by atoms with Crippen molar-refractivity contribution >= 4 is 11.8 Å². The number of likely N-dealkylation sites (tertiary alicyclic amines) is 2. The van der Waals surface area contributed by atoms with Gasteiger partial charge in [0.25, 0.3) is 11.8 Å². The molecule has 2 fully saturated rings. The van der Waals surface area contributed by atoms with E-state index >= 15 is 0 Å². The molecule has 0 spiro atoms.